The van der Waals surface area contributed by atoms with E-state index in [2.05, 4.69) is 4.90 Å². The van der Waals surface area contributed by atoms with Gasteiger partial charge in [0.25, 0.3) is 0 Å². The minimum absolute atomic E-state index is 0.302. The molecule has 1 aliphatic rings. The van der Waals surface area contributed by atoms with E-state index in [1.165, 1.54) is 5.56 Å². The lowest BCUT2D eigenvalue weighted by molar-refractivity contribution is -0.153. The third-order valence-electron chi connectivity index (χ3n) is 3.11. The van der Waals surface area contributed by atoms with Crippen LogP contribution in [0, 0.1) is 0 Å². The predicted molar refractivity (Wildman–Crippen MR) is 74.2 cm³/mol. The number of fused-ring (bicyclic) bond motifs is 1. The van der Waals surface area contributed by atoms with Crippen LogP contribution in [-0.4, -0.2) is 37.8 Å². The fraction of sp³-hybridized carbons (Fsp3) is 0.600. The Kier molecular flexibility index (Phi) is 6.33. The summed E-state index contributed by atoms with van der Waals surface area (Å²) in [7, 11) is 2.05. The van der Waals surface area contributed by atoms with E-state index in [1.54, 1.807) is 12.1 Å². The van der Waals surface area contributed by atoms with Gasteiger partial charge in [0.1, 0.15) is 5.75 Å². The van der Waals surface area contributed by atoms with Crippen molar-refractivity contribution in [1.82, 2.24) is 4.90 Å². The second-order valence-electron chi connectivity index (χ2n) is 4.64. The number of ether oxygens (including phenoxy) is 1. The highest BCUT2D eigenvalue weighted by Crippen LogP contribution is 2.23. The number of hydrogen-bond acceptors (Lipinski definition) is 2. The molecule has 1 aromatic carbocycles. The summed E-state index contributed by atoms with van der Waals surface area (Å²) >= 11 is 0. The molecule has 0 atom stereocenters. The third kappa shape index (κ3) is 5.41. The fourth-order valence-electron chi connectivity index (χ4n) is 2.07. The van der Waals surface area contributed by atoms with Gasteiger partial charge in [0.2, 0.25) is 0 Å². The summed E-state index contributed by atoms with van der Waals surface area (Å²) in [4.78, 5) is 2.22. The van der Waals surface area contributed by atoms with Crippen LogP contribution in [0.5, 0.6) is 5.75 Å². The monoisotopic (exact) mass is 289 g/mol. The molecule has 20 heavy (non-hydrogen) atoms. The number of benzene rings is 1. The summed E-state index contributed by atoms with van der Waals surface area (Å²) in [5.41, 5.74) is 2.30. The highest BCUT2D eigenvalue weighted by atomic mass is 19.4. The topological polar surface area (TPSA) is 12.5 Å². The second-order valence-corrected chi connectivity index (χ2v) is 4.64. The van der Waals surface area contributed by atoms with Crippen LogP contribution < -0.4 is 4.74 Å². The molecule has 1 aliphatic heterocycles. The van der Waals surface area contributed by atoms with Gasteiger partial charge in [-0.25, -0.2) is 0 Å². The maximum Gasteiger partial charge on any atom is 0.422 e. The molecule has 0 saturated heterocycles. The van der Waals surface area contributed by atoms with Gasteiger partial charge in [0, 0.05) is 13.1 Å². The molecule has 0 aromatic heterocycles. The Labute approximate surface area is 118 Å². The van der Waals surface area contributed by atoms with Crippen molar-refractivity contribution in [3.05, 3.63) is 29.3 Å². The molecule has 2 nitrogen and oxygen atoms in total. The first-order chi connectivity index (χ1) is 9.44. The molecule has 0 amide bonds. The molecule has 0 aliphatic carbocycles. The second kappa shape index (κ2) is 7.53. The first kappa shape index (κ1) is 16.8. The van der Waals surface area contributed by atoms with Gasteiger partial charge in [-0.2, -0.15) is 13.2 Å². The molecule has 5 heteroatoms. The van der Waals surface area contributed by atoms with Gasteiger partial charge in [-0.3, -0.25) is 0 Å². The Hall–Kier alpha value is -1.23. The largest absolute Gasteiger partial charge is 0.484 e. The standard InChI is InChI=1S/C13H16F3NO.C2H6/c1-17-6-4-10-2-3-12(8-11(10)5-7-17)18-9-13(14,15)16;1-2/h2-3,8H,4-7,9H2,1H3;1-2H3. The SMILES string of the molecule is CC.CN1CCc2ccc(OCC(F)(F)F)cc2CC1. The molecule has 0 fully saturated rings. The van der Waals surface area contributed by atoms with Crippen molar-refractivity contribution in [2.24, 2.45) is 0 Å². The van der Waals surface area contributed by atoms with E-state index >= 15 is 0 Å². The normalized spacial score (nSPS) is 15.7. The van der Waals surface area contributed by atoms with Gasteiger partial charge in [0.05, 0.1) is 0 Å². The van der Waals surface area contributed by atoms with Crippen LogP contribution in [0.2, 0.25) is 0 Å². The molecule has 0 radical (unpaired) electrons. The van der Waals surface area contributed by atoms with Gasteiger partial charge < -0.3 is 9.64 Å². The summed E-state index contributed by atoms with van der Waals surface area (Å²) in [5.74, 6) is 0.302. The van der Waals surface area contributed by atoms with Crippen molar-refractivity contribution in [2.75, 3.05) is 26.7 Å². The number of nitrogens with zero attached hydrogens (tertiary/aromatic N) is 1. The van der Waals surface area contributed by atoms with Gasteiger partial charge in [-0.15, -0.1) is 0 Å². The Morgan fingerprint density at radius 2 is 1.70 bits per heavy atom. The maximum absolute atomic E-state index is 12.1. The van der Waals surface area contributed by atoms with E-state index in [9.17, 15) is 13.2 Å². The van der Waals surface area contributed by atoms with Crippen LogP contribution in [0.25, 0.3) is 0 Å². The maximum atomic E-state index is 12.1. The molecule has 114 valence electrons. The molecule has 0 bridgehead atoms. The number of likely N-dealkylation sites (N-methyl/N-ethyl adjacent to an activating group) is 1. The van der Waals surface area contributed by atoms with Gasteiger partial charge in [0.15, 0.2) is 6.61 Å². The van der Waals surface area contributed by atoms with Crippen LogP contribution in [0.4, 0.5) is 13.2 Å². The number of hydrogen-bond donors (Lipinski definition) is 0. The quantitative estimate of drug-likeness (QED) is 0.823. The molecule has 0 saturated carbocycles. The lowest BCUT2D eigenvalue weighted by Crippen LogP contribution is -2.20. The summed E-state index contributed by atoms with van der Waals surface area (Å²) in [5, 5.41) is 0. The molecule has 1 heterocycles. The lowest BCUT2D eigenvalue weighted by Gasteiger charge is -2.11. The van der Waals surface area contributed by atoms with Crippen molar-refractivity contribution in [2.45, 2.75) is 32.9 Å². The van der Waals surface area contributed by atoms with E-state index < -0.39 is 12.8 Å². The minimum atomic E-state index is -4.28. The smallest absolute Gasteiger partial charge is 0.422 e. The van der Waals surface area contributed by atoms with Gasteiger partial charge >= 0.3 is 6.18 Å². The molecular weight excluding hydrogens is 267 g/mol. The summed E-state index contributed by atoms with van der Waals surface area (Å²) < 4.78 is 41.0. The Balaban J connectivity index is 0.000000956. The highest BCUT2D eigenvalue weighted by Gasteiger charge is 2.28. The van der Waals surface area contributed by atoms with E-state index in [4.69, 9.17) is 4.74 Å². The van der Waals surface area contributed by atoms with Crippen LogP contribution in [-0.2, 0) is 12.8 Å². The first-order valence-corrected chi connectivity index (χ1v) is 6.94. The van der Waals surface area contributed by atoms with Gasteiger partial charge in [-0.05, 0) is 43.1 Å². The number of halogens is 3. The van der Waals surface area contributed by atoms with Crippen molar-refractivity contribution >= 4 is 0 Å². The molecule has 0 unspecified atom stereocenters. The van der Waals surface area contributed by atoms with Crippen molar-refractivity contribution < 1.29 is 17.9 Å². The van der Waals surface area contributed by atoms with E-state index in [0.717, 1.165) is 31.5 Å². The van der Waals surface area contributed by atoms with Crippen LogP contribution in [0.3, 0.4) is 0 Å². The molecule has 1 aromatic rings. The molecule has 2 rings (SSSR count). The third-order valence-corrected chi connectivity index (χ3v) is 3.11. The van der Waals surface area contributed by atoms with E-state index in [1.807, 2.05) is 27.0 Å². The lowest BCUT2D eigenvalue weighted by atomic mass is 10.0. The Morgan fingerprint density at radius 3 is 2.30 bits per heavy atom. The zero-order valence-corrected chi connectivity index (χ0v) is 12.3. The van der Waals surface area contributed by atoms with E-state index in [0.29, 0.717) is 5.75 Å². The van der Waals surface area contributed by atoms with Crippen LogP contribution in [0.15, 0.2) is 18.2 Å². The first-order valence-electron chi connectivity index (χ1n) is 6.94. The predicted octanol–water partition coefficient (Wildman–Crippen LogP) is 3.68. The van der Waals surface area contributed by atoms with Crippen molar-refractivity contribution in [3.8, 4) is 5.75 Å². The minimum Gasteiger partial charge on any atom is -0.484 e. The molecule has 0 spiro atoms. The fourth-order valence-corrected chi connectivity index (χ4v) is 2.07. The number of rotatable bonds is 2. The number of alkyl halides is 3. The molecular formula is C15H22F3NO. The molecule has 0 N–H and O–H groups in total. The van der Waals surface area contributed by atoms with Crippen molar-refractivity contribution in [1.29, 1.82) is 0 Å². The summed E-state index contributed by atoms with van der Waals surface area (Å²) in [6.07, 6.45) is -2.49. The summed E-state index contributed by atoms with van der Waals surface area (Å²) in [6.45, 7) is 4.68. The van der Waals surface area contributed by atoms with E-state index in [-0.39, 0.29) is 0 Å². The average Bonchev–Trinajstić information content (AvgIpc) is 2.60. The Morgan fingerprint density at radius 1 is 1.10 bits per heavy atom. The average molecular weight is 289 g/mol. The van der Waals surface area contributed by atoms with Crippen molar-refractivity contribution in [3.63, 3.8) is 0 Å². The van der Waals surface area contributed by atoms with Crippen LogP contribution in [0.1, 0.15) is 25.0 Å². The van der Waals surface area contributed by atoms with Gasteiger partial charge in [-0.1, -0.05) is 19.9 Å². The zero-order chi connectivity index (χ0) is 15.2. The Bertz CT molecular complexity index is 418. The zero-order valence-electron chi connectivity index (χ0n) is 12.3. The highest BCUT2D eigenvalue weighted by molar-refractivity contribution is 5.36. The van der Waals surface area contributed by atoms with Crippen LogP contribution >= 0.6 is 0 Å². The summed E-state index contributed by atoms with van der Waals surface area (Å²) in [6, 6.07) is 5.23.